The number of ether oxygens (including phenoxy) is 1. The Bertz CT molecular complexity index is 751. The summed E-state index contributed by atoms with van der Waals surface area (Å²) in [5.74, 6) is -0.484. The van der Waals surface area contributed by atoms with E-state index >= 15 is 0 Å². The molecule has 0 aliphatic carbocycles. The first-order valence-corrected chi connectivity index (χ1v) is 10.6. The van der Waals surface area contributed by atoms with E-state index in [4.69, 9.17) is 10.5 Å². The molecular formula is C22H35N5O3. The average Bonchev–Trinajstić information content (AvgIpc) is 2.99. The Hall–Kier alpha value is -2.00. The van der Waals surface area contributed by atoms with Gasteiger partial charge in [-0.2, -0.15) is 0 Å². The average molecular weight is 418 g/mol. The molecule has 0 aromatic heterocycles. The van der Waals surface area contributed by atoms with E-state index in [0.717, 1.165) is 18.5 Å². The zero-order valence-corrected chi connectivity index (χ0v) is 18.5. The Labute approximate surface area is 179 Å². The number of amides is 2. The summed E-state index contributed by atoms with van der Waals surface area (Å²) in [4.78, 5) is 27.7. The van der Waals surface area contributed by atoms with Crippen LogP contribution in [0.15, 0.2) is 30.3 Å². The Morgan fingerprint density at radius 2 is 2.03 bits per heavy atom. The van der Waals surface area contributed by atoms with Crippen molar-refractivity contribution in [1.82, 2.24) is 20.7 Å². The maximum absolute atomic E-state index is 13.4. The number of likely N-dealkylation sites (tertiary alicyclic amines) is 1. The van der Waals surface area contributed by atoms with Crippen LogP contribution in [0.2, 0.25) is 0 Å². The SMILES string of the molecule is CN1CC2(C)CN(C(=O)[C@@H](COCc3ccccc3)NC(=O)C(C)(C)N)CCC2N1. The first-order chi connectivity index (χ1) is 14.1. The fourth-order valence-corrected chi connectivity index (χ4v) is 4.29. The van der Waals surface area contributed by atoms with Gasteiger partial charge in [0.25, 0.3) is 0 Å². The third kappa shape index (κ3) is 5.37. The minimum atomic E-state index is -1.07. The number of piperidine rings is 1. The third-order valence-corrected chi connectivity index (χ3v) is 5.95. The molecule has 0 radical (unpaired) electrons. The Morgan fingerprint density at radius 3 is 2.70 bits per heavy atom. The number of carbonyl (C=O) groups is 2. The van der Waals surface area contributed by atoms with Crippen LogP contribution in [0.5, 0.6) is 0 Å². The zero-order chi connectivity index (χ0) is 21.9. The molecule has 4 N–H and O–H groups in total. The number of fused-ring (bicyclic) bond motifs is 1. The lowest BCUT2D eigenvalue weighted by atomic mass is 9.78. The summed E-state index contributed by atoms with van der Waals surface area (Å²) in [5, 5.41) is 4.91. The van der Waals surface area contributed by atoms with Gasteiger partial charge in [-0.1, -0.05) is 37.3 Å². The van der Waals surface area contributed by atoms with E-state index in [1.165, 1.54) is 0 Å². The first kappa shape index (κ1) is 22.7. The molecule has 0 spiro atoms. The van der Waals surface area contributed by atoms with E-state index in [1.807, 2.05) is 42.3 Å². The highest BCUT2D eigenvalue weighted by atomic mass is 16.5. The molecule has 2 aliphatic heterocycles. The normalized spacial score (nSPS) is 25.6. The molecule has 2 aliphatic rings. The third-order valence-electron chi connectivity index (χ3n) is 5.95. The number of hydrazine groups is 1. The molecule has 0 bridgehead atoms. The molecule has 2 fully saturated rings. The van der Waals surface area contributed by atoms with Gasteiger partial charge in [0.05, 0.1) is 18.8 Å². The first-order valence-electron chi connectivity index (χ1n) is 10.6. The number of nitrogens with zero attached hydrogens (tertiary/aromatic N) is 2. The van der Waals surface area contributed by atoms with Crippen LogP contribution in [0, 0.1) is 5.41 Å². The molecule has 2 unspecified atom stereocenters. The van der Waals surface area contributed by atoms with Crippen molar-refractivity contribution in [3.63, 3.8) is 0 Å². The summed E-state index contributed by atoms with van der Waals surface area (Å²) >= 11 is 0. The van der Waals surface area contributed by atoms with Crippen LogP contribution in [0.3, 0.4) is 0 Å². The minimum absolute atomic E-state index is 0.0186. The largest absolute Gasteiger partial charge is 0.374 e. The van der Waals surface area contributed by atoms with E-state index in [2.05, 4.69) is 22.7 Å². The van der Waals surface area contributed by atoms with Crippen molar-refractivity contribution in [3.05, 3.63) is 35.9 Å². The van der Waals surface area contributed by atoms with E-state index in [1.54, 1.807) is 13.8 Å². The molecule has 8 heteroatoms. The van der Waals surface area contributed by atoms with Crippen LogP contribution in [0.1, 0.15) is 32.8 Å². The molecule has 166 valence electrons. The van der Waals surface area contributed by atoms with Gasteiger partial charge in [-0.05, 0) is 25.8 Å². The number of nitrogens with two attached hydrogens (primary N) is 1. The number of hydrogen-bond acceptors (Lipinski definition) is 6. The summed E-state index contributed by atoms with van der Waals surface area (Å²) in [5.41, 5.74) is 9.34. The second-order valence-electron chi connectivity index (χ2n) is 9.49. The number of hydrogen-bond donors (Lipinski definition) is 3. The van der Waals surface area contributed by atoms with Gasteiger partial charge in [0.15, 0.2) is 0 Å². The highest BCUT2D eigenvalue weighted by molar-refractivity contribution is 5.91. The van der Waals surface area contributed by atoms with E-state index in [-0.39, 0.29) is 23.8 Å². The van der Waals surface area contributed by atoms with Gasteiger partial charge < -0.3 is 20.7 Å². The van der Waals surface area contributed by atoms with Gasteiger partial charge in [-0.3, -0.25) is 15.0 Å². The zero-order valence-electron chi connectivity index (χ0n) is 18.5. The van der Waals surface area contributed by atoms with Gasteiger partial charge in [-0.15, -0.1) is 0 Å². The molecule has 3 rings (SSSR count). The Kier molecular flexibility index (Phi) is 6.81. The standard InChI is InChI=1S/C22H35N5O3/c1-21(2,23)20(29)24-17(13-30-12-16-8-6-5-7-9-16)19(28)27-11-10-18-22(3,15-27)14-26(4)25-18/h5-9,17-18,25H,10-15,23H2,1-4H3,(H,24,29)/t17-,18?,22?/m1/s1. The summed E-state index contributed by atoms with van der Waals surface area (Å²) in [6.45, 7) is 8.10. The second-order valence-corrected chi connectivity index (χ2v) is 9.49. The van der Waals surface area contributed by atoms with Crippen LogP contribution < -0.4 is 16.5 Å². The number of benzene rings is 1. The van der Waals surface area contributed by atoms with Crippen LogP contribution >= 0.6 is 0 Å². The predicted molar refractivity (Wildman–Crippen MR) is 115 cm³/mol. The van der Waals surface area contributed by atoms with Crippen LogP contribution in [-0.2, 0) is 20.9 Å². The van der Waals surface area contributed by atoms with Crippen molar-refractivity contribution < 1.29 is 14.3 Å². The van der Waals surface area contributed by atoms with Crippen LogP contribution in [0.4, 0.5) is 0 Å². The number of carbonyl (C=O) groups excluding carboxylic acids is 2. The van der Waals surface area contributed by atoms with Crippen molar-refractivity contribution >= 4 is 11.8 Å². The second kappa shape index (κ2) is 9.01. The maximum atomic E-state index is 13.4. The molecule has 2 heterocycles. The van der Waals surface area contributed by atoms with Crippen molar-refractivity contribution in [2.75, 3.05) is 33.3 Å². The fourth-order valence-electron chi connectivity index (χ4n) is 4.29. The molecule has 0 saturated carbocycles. The van der Waals surface area contributed by atoms with Gasteiger partial charge in [0, 0.05) is 38.1 Å². The molecule has 2 saturated heterocycles. The molecule has 1 aromatic rings. The van der Waals surface area contributed by atoms with Gasteiger partial charge in [-0.25, -0.2) is 5.01 Å². The van der Waals surface area contributed by atoms with E-state index in [9.17, 15) is 9.59 Å². The molecule has 2 amide bonds. The summed E-state index contributed by atoms with van der Waals surface area (Å²) < 4.78 is 5.81. The van der Waals surface area contributed by atoms with E-state index < -0.39 is 11.6 Å². The van der Waals surface area contributed by atoms with Crippen molar-refractivity contribution in [3.8, 4) is 0 Å². The maximum Gasteiger partial charge on any atom is 0.247 e. The van der Waals surface area contributed by atoms with Crippen molar-refractivity contribution in [2.45, 2.75) is 51.4 Å². The predicted octanol–water partition coefficient (Wildman–Crippen LogP) is 0.483. The molecular weight excluding hydrogens is 382 g/mol. The van der Waals surface area contributed by atoms with Crippen LogP contribution in [0.25, 0.3) is 0 Å². The van der Waals surface area contributed by atoms with E-state index in [0.29, 0.717) is 25.7 Å². The summed E-state index contributed by atoms with van der Waals surface area (Å²) in [7, 11) is 2.03. The van der Waals surface area contributed by atoms with Crippen molar-refractivity contribution in [1.29, 1.82) is 0 Å². The Morgan fingerprint density at radius 1 is 1.33 bits per heavy atom. The quantitative estimate of drug-likeness (QED) is 0.597. The number of nitrogens with one attached hydrogen (secondary N) is 2. The smallest absolute Gasteiger partial charge is 0.247 e. The lowest BCUT2D eigenvalue weighted by Crippen LogP contribution is -2.61. The highest BCUT2D eigenvalue weighted by Gasteiger charge is 2.47. The Balaban J connectivity index is 1.67. The number of rotatable bonds is 7. The highest BCUT2D eigenvalue weighted by Crippen LogP contribution is 2.34. The fraction of sp³-hybridized carbons (Fsp3) is 0.636. The monoisotopic (exact) mass is 417 g/mol. The van der Waals surface area contributed by atoms with Gasteiger partial charge in [0.2, 0.25) is 11.8 Å². The molecule has 3 atom stereocenters. The summed E-state index contributed by atoms with van der Waals surface area (Å²) in [6.07, 6.45) is 0.875. The van der Waals surface area contributed by atoms with Gasteiger partial charge in [0.1, 0.15) is 6.04 Å². The topological polar surface area (TPSA) is 99.9 Å². The van der Waals surface area contributed by atoms with Crippen LogP contribution in [-0.4, -0.2) is 72.6 Å². The minimum Gasteiger partial charge on any atom is -0.374 e. The molecule has 1 aromatic carbocycles. The lowest BCUT2D eigenvalue weighted by molar-refractivity contribution is -0.142. The van der Waals surface area contributed by atoms with Gasteiger partial charge >= 0.3 is 0 Å². The van der Waals surface area contributed by atoms with Crippen molar-refractivity contribution in [2.24, 2.45) is 11.1 Å². The summed E-state index contributed by atoms with van der Waals surface area (Å²) in [6, 6.07) is 9.35. The lowest BCUT2D eigenvalue weighted by Gasteiger charge is -2.42. The molecule has 30 heavy (non-hydrogen) atoms. The molecule has 8 nitrogen and oxygen atoms in total.